The zero-order chi connectivity index (χ0) is 11.8. The van der Waals surface area contributed by atoms with Gasteiger partial charge in [0.05, 0.1) is 29.2 Å². The monoisotopic (exact) mass is 235 g/mol. The van der Waals surface area contributed by atoms with E-state index in [0.717, 1.165) is 18.4 Å². The predicted molar refractivity (Wildman–Crippen MR) is 59.3 cm³/mol. The van der Waals surface area contributed by atoms with E-state index in [-0.39, 0.29) is 0 Å². The average Bonchev–Trinajstić information content (AvgIpc) is 3.09. The highest BCUT2D eigenvalue weighted by Crippen LogP contribution is 2.50. The quantitative estimate of drug-likeness (QED) is 0.741. The Morgan fingerprint density at radius 3 is 2.75 bits per heavy atom. The molecule has 0 unspecified atom stereocenters. The molecule has 1 saturated carbocycles. The van der Waals surface area contributed by atoms with Crippen LogP contribution in [-0.4, -0.2) is 13.1 Å². The molecule has 0 aliphatic heterocycles. The Morgan fingerprint density at radius 1 is 1.56 bits per heavy atom. The fourth-order valence-electron chi connectivity index (χ4n) is 1.74. The van der Waals surface area contributed by atoms with Crippen molar-refractivity contribution in [3.63, 3.8) is 0 Å². The van der Waals surface area contributed by atoms with Crippen LogP contribution in [0.15, 0.2) is 18.2 Å². The molecule has 0 aromatic heterocycles. The third-order valence-electron chi connectivity index (χ3n) is 2.88. The Balaban J connectivity index is 2.50. The van der Waals surface area contributed by atoms with Gasteiger partial charge in [0.15, 0.2) is 0 Å². The smallest absolute Gasteiger partial charge is 0.339 e. The van der Waals surface area contributed by atoms with Gasteiger partial charge in [0.25, 0.3) is 0 Å². The van der Waals surface area contributed by atoms with Gasteiger partial charge in [-0.1, -0.05) is 23.7 Å². The first kappa shape index (κ1) is 11.0. The van der Waals surface area contributed by atoms with Crippen LogP contribution in [0.25, 0.3) is 0 Å². The number of rotatable bonds is 2. The van der Waals surface area contributed by atoms with Crippen LogP contribution in [0.4, 0.5) is 0 Å². The standard InChI is InChI=1S/C12H10ClNO2/c1-16-11(15)8-3-2-4-9(10(8)13)12(7-14)5-6-12/h2-4H,5-6H2,1H3. The Hall–Kier alpha value is -1.53. The maximum absolute atomic E-state index is 11.4. The maximum atomic E-state index is 11.4. The second-order valence-corrected chi connectivity index (χ2v) is 4.23. The summed E-state index contributed by atoms with van der Waals surface area (Å²) in [7, 11) is 1.31. The van der Waals surface area contributed by atoms with Crippen LogP contribution in [0.1, 0.15) is 28.8 Å². The normalized spacial score (nSPS) is 16.3. The van der Waals surface area contributed by atoms with Gasteiger partial charge in [0.2, 0.25) is 0 Å². The van der Waals surface area contributed by atoms with Crippen LogP contribution in [0.3, 0.4) is 0 Å². The minimum absolute atomic E-state index is 0.322. The summed E-state index contributed by atoms with van der Waals surface area (Å²) in [6.07, 6.45) is 1.60. The number of nitrogens with zero attached hydrogens (tertiary/aromatic N) is 1. The molecule has 1 aliphatic rings. The van der Waals surface area contributed by atoms with Gasteiger partial charge < -0.3 is 4.74 Å². The highest BCUT2D eigenvalue weighted by Gasteiger charge is 2.46. The molecule has 2 rings (SSSR count). The molecule has 16 heavy (non-hydrogen) atoms. The number of hydrogen-bond acceptors (Lipinski definition) is 3. The van der Waals surface area contributed by atoms with Crippen molar-refractivity contribution in [1.29, 1.82) is 5.26 Å². The molecule has 4 heteroatoms. The van der Waals surface area contributed by atoms with Gasteiger partial charge in [-0.25, -0.2) is 4.79 Å². The summed E-state index contributed by atoms with van der Waals surface area (Å²) in [6, 6.07) is 7.38. The molecule has 3 nitrogen and oxygen atoms in total. The highest BCUT2D eigenvalue weighted by molar-refractivity contribution is 6.34. The lowest BCUT2D eigenvalue weighted by Gasteiger charge is -2.11. The summed E-state index contributed by atoms with van der Waals surface area (Å²) in [5.74, 6) is -0.472. The number of hydrogen-bond donors (Lipinski definition) is 0. The number of carbonyl (C=O) groups excluding carboxylic acids is 1. The van der Waals surface area contributed by atoms with Crippen molar-refractivity contribution in [2.75, 3.05) is 7.11 Å². The van der Waals surface area contributed by atoms with E-state index in [0.29, 0.717) is 10.6 Å². The molecule has 0 saturated heterocycles. The third-order valence-corrected chi connectivity index (χ3v) is 3.29. The van der Waals surface area contributed by atoms with Crippen molar-refractivity contribution in [2.24, 2.45) is 0 Å². The van der Waals surface area contributed by atoms with Crippen molar-refractivity contribution in [3.05, 3.63) is 34.3 Å². The second-order valence-electron chi connectivity index (χ2n) is 3.85. The minimum atomic E-state index is -0.485. The number of nitriles is 1. The molecule has 82 valence electrons. The SMILES string of the molecule is COC(=O)c1cccc(C2(C#N)CC2)c1Cl. The molecule has 0 atom stereocenters. The predicted octanol–water partition coefficient (Wildman–Crippen LogP) is 2.68. The van der Waals surface area contributed by atoms with E-state index in [2.05, 4.69) is 10.8 Å². The molecule has 1 aliphatic carbocycles. The van der Waals surface area contributed by atoms with Crippen molar-refractivity contribution < 1.29 is 9.53 Å². The molecular weight excluding hydrogens is 226 g/mol. The third kappa shape index (κ3) is 1.56. The molecule has 0 spiro atoms. The molecular formula is C12H10ClNO2. The Morgan fingerprint density at radius 2 is 2.25 bits per heavy atom. The van der Waals surface area contributed by atoms with Gasteiger partial charge in [-0.2, -0.15) is 5.26 Å². The van der Waals surface area contributed by atoms with Gasteiger partial charge in [0.1, 0.15) is 0 Å². The van der Waals surface area contributed by atoms with Crippen LogP contribution in [0.5, 0.6) is 0 Å². The maximum Gasteiger partial charge on any atom is 0.339 e. The van der Waals surface area contributed by atoms with Gasteiger partial charge in [-0.3, -0.25) is 0 Å². The lowest BCUT2D eigenvalue weighted by molar-refractivity contribution is 0.0601. The summed E-state index contributed by atoms with van der Waals surface area (Å²) >= 11 is 6.13. The first-order valence-electron chi connectivity index (χ1n) is 4.93. The van der Waals surface area contributed by atoms with Crippen LogP contribution in [0.2, 0.25) is 5.02 Å². The second kappa shape index (κ2) is 3.80. The van der Waals surface area contributed by atoms with Crippen molar-refractivity contribution in [2.45, 2.75) is 18.3 Å². The number of benzene rings is 1. The summed E-state index contributed by atoms with van der Waals surface area (Å²) in [5.41, 5.74) is 0.573. The summed E-state index contributed by atoms with van der Waals surface area (Å²) < 4.78 is 4.63. The molecule has 0 amide bonds. The van der Waals surface area contributed by atoms with E-state index in [1.807, 2.05) is 0 Å². The molecule has 1 aromatic carbocycles. The molecule has 0 heterocycles. The van der Waals surface area contributed by atoms with E-state index < -0.39 is 11.4 Å². The number of carbonyl (C=O) groups is 1. The molecule has 0 radical (unpaired) electrons. The Labute approximate surface area is 98.6 Å². The van der Waals surface area contributed by atoms with Crippen LogP contribution >= 0.6 is 11.6 Å². The number of methoxy groups -OCH3 is 1. The summed E-state index contributed by atoms with van der Waals surface area (Å²) in [6.45, 7) is 0. The molecule has 0 N–H and O–H groups in total. The van der Waals surface area contributed by atoms with Gasteiger partial charge in [-0.15, -0.1) is 0 Å². The van der Waals surface area contributed by atoms with E-state index in [4.69, 9.17) is 16.9 Å². The number of esters is 1. The lowest BCUT2D eigenvalue weighted by Crippen LogP contribution is -2.08. The summed E-state index contributed by atoms with van der Waals surface area (Å²) in [5, 5.41) is 9.44. The lowest BCUT2D eigenvalue weighted by atomic mass is 9.96. The van der Waals surface area contributed by atoms with Crippen molar-refractivity contribution >= 4 is 17.6 Å². The van der Waals surface area contributed by atoms with Gasteiger partial charge in [0, 0.05) is 0 Å². The number of ether oxygens (including phenoxy) is 1. The topological polar surface area (TPSA) is 50.1 Å². The molecule has 1 aromatic rings. The van der Waals surface area contributed by atoms with E-state index in [9.17, 15) is 4.79 Å². The first-order valence-corrected chi connectivity index (χ1v) is 5.31. The fraction of sp³-hybridized carbons (Fsp3) is 0.333. The molecule has 0 bridgehead atoms. The molecule has 1 fully saturated rings. The van der Waals surface area contributed by atoms with Crippen LogP contribution in [-0.2, 0) is 10.2 Å². The fourth-order valence-corrected chi connectivity index (χ4v) is 2.12. The van der Waals surface area contributed by atoms with E-state index >= 15 is 0 Å². The van der Waals surface area contributed by atoms with E-state index in [1.165, 1.54) is 7.11 Å². The van der Waals surface area contributed by atoms with Gasteiger partial charge >= 0.3 is 5.97 Å². The summed E-state index contributed by atoms with van der Waals surface area (Å²) in [4.78, 5) is 11.4. The van der Waals surface area contributed by atoms with Crippen molar-refractivity contribution in [1.82, 2.24) is 0 Å². The highest BCUT2D eigenvalue weighted by atomic mass is 35.5. The van der Waals surface area contributed by atoms with Crippen molar-refractivity contribution in [3.8, 4) is 6.07 Å². The van der Waals surface area contributed by atoms with Crippen LogP contribution < -0.4 is 0 Å². The first-order chi connectivity index (χ1) is 7.64. The minimum Gasteiger partial charge on any atom is -0.465 e. The van der Waals surface area contributed by atoms with E-state index in [1.54, 1.807) is 18.2 Å². The number of halogens is 1. The Bertz CT molecular complexity index is 486. The Kier molecular flexibility index (Phi) is 2.61. The van der Waals surface area contributed by atoms with Crippen LogP contribution in [0, 0.1) is 11.3 Å². The largest absolute Gasteiger partial charge is 0.465 e. The average molecular weight is 236 g/mol. The van der Waals surface area contributed by atoms with Gasteiger partial charge in [-0.05, 0) is 24.5 Å². The zero-order valence-electron chi connectivity index (χ0n) is 8.79. The zero-order valence-corrected chi connectivity index (χ0v) is 9.54.